The number of piperidine rings is 1. The van der Waals surface area contributed by atoms with Crippen molar-refractivity contribution in [3.63, 3.8) is 0 Å². The Bertz CT molecular complexity index is 654. The van der Waals surface area contributed by atoms with Crippen LogP contribution in [0.15, 0.2) is 24.3 Å². The molecule has 6 heteroatoms. The third kappa shape index (κ3) is 3.08. The molecule has 3 aliphatic heterocycles. The number of hydrogen-bond donors (Lipinski definition) is 1. The van der Waals surface area contributed by atoms with Gasteiger partial charge in [0.25, 0.3) is 0 Å². The van der Waals surface area contributed by atoms with Crippen LogP contribution in [0.3, 0.4) is 0 Å². The number of amides is 1. The Morgan fingerprint density at radius 3 is 2.92 bits per heavy atom. The Labute approximate surface area is 152 Å². The van der Waals surface area contributed by atoms with Crippen molar-refractivity contribution in [2.75, 3.05) is 33.0 Å². The molecule has 5 nitrogen and oxygen atoms in total. The maximum absolute atomic E-state index is 13.1. The number of likely N-dealkylation sites (tertiary alicyclic amines) is 1. The number of carbonyl (C=O) groups is 1. The van der Waals surface area contributed by atoms with E-state index in [0.29, 0.717) is 44.4 Å². The molecule has 1 N–H and O–H groups in total. The van der Waals surface area contributed by atoms with Crippen molar-refractivity contribution in [1.82, 2.24) is 4.90 Å². The average molecular weight is 366 g/mol. The van der Waals surface area contributed by atoms with Crippen LogP contribution in [0.4, 0.5) is 0 Å². The second kappa shape index (κ2) is 6.88. The van der Waals surface area contributed by atoms with Crippen molar-refractivity contribution in [2.45, 2.75) is 30.9 Å². The van der Waals surface area contributed by atoms with Crippen molar-refractivity contribution in [3.05, 3.63) is 34.9 Å². The zero-order valence-corrected chi connectivity index (χ0v) is 15.0. The molecule has 3 heterocycles. The Kier molecular flexibility index (Phi) is 4.75. The van der Waals surface area contributed by atoms with Crippen molar-refractivity contribution in [2.24, 2.45) is 11.8 Å². The van der Waals surface area contributed by atoms with Gasteiger partial charge in [-0.2, -0.15) is 0 Å². The fourth-order valence-corrected chi connectivity index (χ4v) is 4.85. The SMILES string of the molecule is O=C(Cc1ccccc1Cl)N1C[C@H]2COCC[C@@]2(O)[C@@H]2COCC[C@@H]21. The lowest BCUT2D eigenvalue weighted by molar-refractivity contribution is -0.219. The predicted octanol–water partition coefficient (Wildman–Crippen LogP) is 1.90. The summed E-state index contributed by atoms with van der Waals surface area (Å²) in [5, 5.41) is 11.9. The first-order valence-corrected chi connectivity index (χ1v) is 9.38. The van der Waals surface area contributed by atoms with E-state index in [9.17, 15) is 9.90 Å². The van der Waals surface area contributed by atoms with Gasteiger partial charge >= 0.3 is 0 Å². The van der Waals surface area contributed by atoms with Crippen molar-refractivity contribution in [3.8, 4) is 0 Å². The quantitative estimate of drug-likeness (QED) is 0.869. The maximum Gasteiger partial charge on any atom is 0.227 e. The lowest BCUT2D eigenvalue weighted by Gasteiger charge is -2.57. The molecule has 0 spiro atoms. The second-order valence-electron chi connectivity index (χ2n) is 7.36. The highest BCUT2D eigenvalue weighted by atomic mass is 35.5. The number of ether oxygens (including phenoxy) is 2. The number of carbonyl (C=O) groups excluding carboxylic acids is 1. The van der Waals surface area contributed by atoms with Gasteiger partial charge in [0.05, 0.1) is 25.2 Å². The van der Waals surface area contributed by atoms with Gasteiger partial charge < -0.3 is 19.5 Å². The van der Waals surface area contributed by atoms with Crippen LogP contribution in [-0.2, 0) is 20.7 Å². The summed E-state index contributed by atoms with van der Waals surface area (Å²) in [6.07, 6.45) is 1.68. The molecule has 0 radical (unpaired) electrons. The third-order valence-electron chi connectivity index (χ3n) is 6.07. The van der Waals surface area contributed by atoms with E-state index in [1.54, 1.807) is 0 Å². The molecule has 0 bridgehead atoms. The summed E-state index contributed by atoms with van der Waals surface area (Å²) in [7, 11) is 0. The number of fused-ring (bicyclic) bond motifs is 3. The monoisotopic (exact) mass is 365 g/mol. The fourth-order valence-electron chi connectivity index (χ4n) is 4.65. The maximum atomic E-state index is 13.1. The van der Waals surface area contributed by atoms with E-state index in [1.807, 2.05) is 29.2 Å². The number of halogens is 1. The van der Waals surface area contributed by atoms with E-state index >= 15 is 0 Å². The number of aliphatic hydroxyl groups is 1. The molecule has 4 atom stereocenters. The number of nitrogens with zero attached hydrogens (tertiary/aromatic N) is 1. The molecule has 0 saturated carbocycles. The summed E-state index contributed by atoms with van der Waals surface area (Å²) in [6, 6.07) is 7.50. The van der Waals surface area contributed by atoms with Crippen LogP contribution < -0.4 is 0 Å². The van der Waals surface area contributed by atoms with Crippen LogP contribution in [0.5, 0.6) is 0 Å². The molecule has 4 rings (SSSR count). The van der Waals surface area contributed by atoms with E-state index in [4.69, 9.17) is 21.1 Å². The summed E-state index contributed by atoms with van der Waals surface area (Å²) in [5.74, 6) is -0.0314. The van der Waals surface area contributed by atoms with Gasteiger partial charge in [-0.1, -0.05) is 29.8 Å². The van der Waals surface area contributed by atoms with E-state index in [0.717, 1.165) is 12.0 Å². The van der Waals surface area contributed by atoms with Gasteiger partial charge in [-0.15, -0.1) is 0 Å². The molecule has 0 aromatic heterocycles. The molecule has 0 unspecified atom stereocenters. The van der Waals surface area contributed by atoms with Crippen molar-refractivity contribution >= 4 is 17.5 Å². The van der Waals surface area contributed by atoms with Gasteiger partial charge in [-0.05, 0) is 18.1 Å². The first kappa shape index (κ1) is 17.3. The molecular weight excluding hydrogens is 342 g/mol. The largest absolute Gasteiger partial charge is 0.389 e. The number of benzene rings is 1. The third-order valence-corrected chi connectivity index (χ3v) is 6.44. The summed E-state index contributed by atoms with van der Waals surface area (Å²) in [6.45, 7) is 2.75. The molecule has 1 aromatic carbocycles. The topological polar surface area (TPSA) is 59.0 Å². The minimum atomic E-state index is -0.787. The molecule has 25 heavy (non-hydrogen) atoms. The lowest BCUT2D eigenvalue weighted by Crippen LogP contribution is -2.69. The molecular formula is C19H24ClNO4. The van der Waals surface area contributed by atoms with Crippen LogP contribution >= 0.6 is 11.6 Å². The van der Waals surface area contributed by atoms with Gasteiger partial charge in [0, 0.05) is 49.1 Å². The van der Waals surface area contributed by atoms with Gasteiger partial charge in [0.1, 0.15) is 0 Å². The van der Waals surface area contributed by atoms with E-state index in [2.05, 4.69) is 0 Å². The highest BCUT2D eigenvalue weighted by Gasteiger charge is 2.56. The summed E-state index contributed by atoms with van der Waals surface area (Å²) < 4.78 is 11.2. The van der Waals surface area contributed by atoms with Gasteiger partial charge in [-0.3, -0.25) is 4.79 Å². The molecule has 1 aromatic rings. The summed E-state index contributed by atoms with van der Waals surface area (Å²) in [5.41, 5.74) is 0.0586. The van der Waals surface area contributed by atoms with Crippen LogP contribution in [0, 0.1) is 11.8 Å². The van der Waals surface area contributed by atoms with E-state index in [1.165, 1.54) is 0 Å². The van der Waals surface area contributed by atoms with Crippen molar-refractivity contribution < 1.29 is 19.4 Å². The lowest BCUT2D eigenvalue weighted by atomic mass is 9.66. The van der Waals surface area contributed by atoms with E-state index < -0.39 is 5.60 Å². The standard InChI is InChI=1S/C19H24ClNO4/c20-16-4-2-1-3-13(16)9-18(22)21-10-14-11-25-8-6-19(14,23)15-12-24-7-5-17(15)21/h1-4,14-15,17,23H,5-12H2/t14-,15+,17-,19-/m0/s1. The van der Waals surface area contributed by atoms with Crippen LogP contribution in [-0.4, -0.2) is 60.5 Å². The highest BCUT2D eigenvalue weighted by Crippen LogP contribution is 2.44. The van der Waals surface area contributed by atoms with Gasteiger partial charge in [-0.25, -0.2) is 0 Å². The molecule has 3 saturated heterocycles. The Balaban J connectivity index is 1.58. The molecule has 0 aliphatic carbocycles. The summed E-state index contributed by atoms with van der Waals surface area (Å²) >= 11 is 6.23. The number of rotatable bonds is 2. The van der Waals surface area contributed by atoms with Gasteiger partial charge in [0.2, 0.25) is 5.91 Å². The number of hydrogen-bond acceptors (Lipinski definition) is 4. The van der Waals surface area contributed by atoms with Gasteiger partial charge in [0.15, 0.2) is 0 Å². The average Bonchev–Trinajstić information content (AvgIpc) is 2.63. The molecule has 3 fully saturated rings. The second-order valence-corrected chi connectivity index (χ2v) is 7.77. The first-order chi connectivity index (χ1) is 12.1. The highest BCUT2D eigenvalue weighted by molar-refractivity contribution is 6.31. The smallest absolute Gasteiger partial charge is 0.227 e. The van der Waals surface area contributed by atoms with Crippen LogP contribution in [0.1, 0.15) is 18.4 Å². The Hall–Kier alpha value is -1.14. The van der Waals surface area contributed by atoms with Crippen LogP contribution in [0.25, 0.3) is 0 Å². The van der Waals surface area contributed by atoms with E-state index in [-0.39, 0.29) is 30.2 Å². The zero-order chi connectivity index (χ0) is 17.4. The summed E-state index contributed by atoms with van der Waals surface area (Å²) in [4.78, 5) is 15.0. The van der Waals surface area contributed by atoms with Crippen LogP contribution in [0.2, 0.25) is 5.02 Å². The molecule has 1 amide bonds. The molecule has 3 aliphatic rings. The zero-order valence-electron chi connectivity index (χ0n) is 14.2. The normalized spacial score (nSPS) is 35.0. The first-order valence-electron chi connectivity index (χ1n) is 9.00. The minimum Gasteiger partial charge on any atom is -0.389 e. The Morgan fingerprint density at radius 1 is 1.28 bits per heavy atom. The fraction of sp³-hybridized carbons (Fsp3) is 0.632. The molecule has 136 valence electrons. The minimum absolute atomic E-state index is 0.0306. The Morgan fingerprint density at radius 2 is 2.08 bits per heavy atom. The predicted molar refractivity (Wildman–Crippen MR) is 93.5 cm³/mol. The van der Waals surface area contributed by atoms with Crippen molar-refractivity contribution in [1.29, 1.82) is 0 Å².